The van der Waals surface area contributed by atoms with Gasteiger partial charge in [-0.25, -0.2) is 4.39 Å². The zero-order chi connectivity index (χ0) is 21.2. The Balaban J connectivity index is 1.99. The van der Waals surface area contributed by atoms with Gasteiger partial charge in [-0.1, -0.05) is 6.07 Å². The van der Waals surface area contributed by atoms with E-state index in [1.54, 1.807) is 32.2 Å². The molecule has 0 aliphatic carbocycles. The molecule has 0 amide bonds. The van der Waals surface area contributed by atoms with Crippen LogP contribution in [0.1, 0.15) is 18.1 Å². The molecule has 0 bridgehead atoms. The SMILES string of the molecule is CCOc1ccc(CNC(=NC)NCc2cc(OC)ccc2OC(F)F)cc1F. The van der Waals surface area contributed by atoms with Crippen molar-refractivity contribution in [1.82, 2.24) is 10.6 Å². The number of benzene rings is 2. The Morgan fingerprint density at radius 1 is 1.07 bits per heavy atom. The molecule has 0 unspecified atom stereocenters. The lowest BCUT2D eigenvalue weighted by Crippen LogP contribution is -2.36. The van der Waals surface area contributed by atoms with Crippen LogP contribution < -0.4 is 24.8 Å². The maximum atomic E-state index is 13.9. The molecule has 0 aliphatic heterocycles. The normalized spacial score (nSPS) is 11.3. The van der Waals surface area contributed by atoms with E-state index in [2.05, 4.69) is 20.4 Å². The van der Waals surface area contributed by atoms with Gasteiger partial charge in [0.25, 0.3) is 0 Å². The van der Waals surface area contributed by atoms with Crippen LogP contribution in [0.2, 0.25) is 0 Å². The van der Waals surface area contributed by atoms with Crippen molar-refractivity contribution in [3.05, 3.63) is 53.3 Å². The van der Waals surface area contributed by atoms with Crippen molar-refractivity contribution in [2.24, 2.45) is 4.99 Å². The van der Waals surface area contributed by atoms with E-state index in [0.29, 0.717) is 36.0 Å². The molecule has 0 saturated heterocycles. The van der Waals surface area contributed by atoms with Crippen LogP contribution in [-0.4, -0.2) is 33.3 Å². The van der Waals surface area contributed by atoms with Gasteiger partial charge in [-0.2, -0.15) is 8.78 Å². The van der Waals surface area contributed by atoms with Crippen LogP contribution in [0.4, 0.5) is 13.2 Å². The Bertz CT molecular complexity index is 832. The predicted octanol–water partition coefficient (Wildman–Crippen LogP) is 3.70. The van der Waals surface area contributed by atoms with Crippen molar-refractivity contribution in [3.8, 4) is 17.2 Å². The van der Waals surface area contributed by atoms with E-state index in [-0.39, 0.29) is 18.0 Å². The van der Waals surface area contributed by atoms with E-state index in [4.69, 9.17) is 9.47 Å². The Morgan fingerprint density at radius 3 is 2.41 bits per heavy atom. The lowest BCUT2D eigenvalue weighted by atomic mass is 10.2. The average Bonchev–Trinajstić information content (AvgIpc) is 2.70. The van der Waals surface area contributed by atoms with E-state index >= 15 is 0 Å². The van der Waals surface area contributed by atoms with Crippen LogP contribution >= 0.6 is 0 Å². The van der Waals surface area contributed by atoms with Gasteiger partial charge >= 0.3 is 6.61 Å². The number of rotatable bonds is 9. The third-order valence-electron chi connectivity index (χ3n) is 3.91. The Hall–Kier alpha value is -3.10. The fraction of sp³-hybridized carbons (Fsp3) is 0.350. The van der Waals surface area contributed by atoms with Crippen molar-refractivity contribution in [3.63, 3.8) is 0 Å². The minimum atomic E-state index is -2.94. The number of aliphatic imine (C=N–C) groups is 1. The quantitative estimate of drug-likeness (QED) is 0.487. The number of hydrogen-bond donors (Lipinski definition) is 2. The van der Waals surface area contributed by atoms with Gasteiger partial charge in [0.15, 0.2) is 17.5 Å². The molecule has 0 radical (unpaired) electrons. The first-order valence-corrected chi connectivity index (χ1v) is 8.94. The number of halogens is 3. The summed E-state index contributed by atoms with van der Waals surface area (Å²) in [5.74, 6) is 0.710. The van der Waals surface area contributed by atoms with Gasteiger partial charge in [0, 0.05) is 25.7 Å². The van der Waals surface area contributed by atoms with Crippen molar-refractivity contribution in [2.75, 3.05) is 20.8 Å². The van der Waals surface area contributed by atoms with Gasteiger partial charge in [-0.3, -0.25) is 4.99 Å². The highest BCUT2D eigenvalue weighted by molar-refractivity contribution is 5.79. The molecule has 0 fully saturated rings. The fourth-order valence-corrected chi connectivity index (χ4v) is 2.54. The summed E-state index contributed by atoms with van der Waals surface area (Å²) >= 11 is 0. The third-order valence-corrected chi connectivity index (χ3v) is 3.91. The molecule has 2 rings (SSSR count). The van der Waals surface area contributed by atoms with Gasteiger partial charge in [0.1, 0.15) is 11.5 Å². The summed E-state index contributed by atoms with van der Waals surface area (Å²) in [6.07, 6.45) is 0. The highest BCUT2D eigenvalue weighted by atomic mass is 19.3. The van der Waals surface area contributed by atoms with Gasteiger partial charge in [-0.05, 0) is 42.8 Å². The van der Waals surface area contributed by atoms with Crippen molar-refractivity contribution >= 4 is 5.96 Å². The summed E-state index contributed by atoms with van der Waals surface area (Å²) < 4.78 is 54.0. The van der Waals surface area contributed by atoms with Crippen LogP contribution in [0.25, 0.3) is 0 Å². The maximum absolute atomic E-state index is 13.9. The summed E-state index contributed by atoms with van der Waals surface area (Å²) in [5.41, 5.74) is 1.16. The number of alkyl halides is 2. The highest BCUT2D eigenvalue weighted by Gasteiger charge is 2.12. The number of guanidine groups is 1. The van der Waals surface area contributed by atoms with Crippen molar-refractivity contribution < 1.29 is 27.4 Å². The zero-order valence-electron chi connectivity index (χ0n) is 16.5. The molecule has 0 heterocycles. The average molecular weight is 411 g/mol. The smallest absolute Gasteiger partial charge is 0.387 e. The van der Waals surface area contributed by atoms with E-state index in [9.17, 15) is 13.2 Å². The Kier molecular flexibility index (Phi) is 8.45. The molecule has 0 saturated carbocycles. The molecule has 9 heteroatoms. The lowest BCUT2D eigenvalue weighted by molar-refractivity contribution is -0.0505. The standard InChI is InChI=1S/C20H24F3N3O3/c1-4-28-18-7-5-13(9-16(18)21)11-25-20(24-2)26-12-14-10-15(27-3)6-8-17(14)29-19(22)23/h5-10,19H,4,11-12H2,1-3H3,(H2,24,25,26). The van der Waals surface area contributed by atoms with E-state index in [1.807, 2.05) is 0 Å². The van der Waals surface area contributed by atoms with Crippen LogP contribution in [0, 0.1) is 5.82 Å². The molecule has 0 spiro atoms. The van der Waals surface area contributed by atoms with Crippen LogP contribution in [0.3, 0.4) is 0 Å². The molecule has 2 aromatic rings. The summed E-state index contributed by atoms with van der Waals surface area (Å²) in [6, 6.07) is 9.23. The summed E-state index contributed by atoms with van der Waals surface area (Å²) in [6.45, 7) is -0.302. The molecule has 29 heavy (non-hydrogen) atoms. The first-order chi connectivity index (χ1) is 14.0. The molecule has 6 nitrogen and oxygen atoms in total. The molecular weight excluding hydrogens is 387 g/mol. The van der Waals surface area contributed by atoms with Crippen molar-refractivity contribution in [2.45, 2.75) is 26.6 Å². The fourth-order valence-electron chi connectivity index (χ4n) is 2.54. The van der Waals surface area contributed by atoms with Gasteiger partial charge in [0.05, 0.1) is 13.7 Å². The number of hydrogen-bond acceptors (Lipinski definition) is 4. The summed E-state index contributed by atoms with van der Waals surface area (Å²) in [4.78, 5) is 4.08. The predicted molar refractivity (Wildman–Crippen MR) is 104 cm³/mol. The minimum Gasteiger partial charge on any atom is -0.497 e. The first kappa shape index (κ1) is 22.2. The van der Waals surface area contributed by atoms with E-state index in [0.717, 1.165) is 0 Å². The molecule has 0 aliphatic rings. The number of ether oxygens (including phenoxy) is 3. The Labute approximate surface area is 167 Å². The third kappa shape index (κ3) is 6.78. The minimum absolute atomic E-state index is 0.0392. The second kappa shape index (κ2) is 11.0. The highest BCUT2D eigenvalue weighted by Crippen LogP contribution is 2.25. The lowest BCUT2D eigenvalue weighted by Gasteiger charge is -2.15. The molecule has 2 aromatic carbocycles. The molecular formula is C20H24F3N3O3. The Morgan fingerprint density at radius 2 is 1.79 bits per heavy atom. The second-order valence-electron chi connectivity index (χ2n) is 5.83. The zero-order valence-corrected chi connectivity index (χ0v) is 16.5. The van der Waals surface area contributed by atoms with Gasteiger partial charge < -0.3 is 24.8 Å². The van der Waals surface area contributed by atoms with Crippen molar-refractivity contribution in [1.29, 1.82) is 0 Å². The van der Waals surface area contributed by atoms with Crippen LogP contribution in [-0.2, 0) is 13.1 Å². The van der Waals surface area contributed by atoms with Crippen LogP contribution in [0.5, 0.6) is 17.2 Å². The summed E-state index contributed by atoms with van der Waals surface area (Å²) in [5, 5.41) is 6.04. The summed E-state index contributed by atoms with van der Waals surface area (Å²) in [7, 11) is 3.05. The topological polar surface area (TPSA) is 64.1 Å². The molecule has 0 atom stereocenters. The van der Waals surface area contributed by atoms with Gasteiger partial charge in [0.2, 0.25) is 0 Å². The number of methoxy groups -OCH3 is 1. The monoisotopic (exact) mass is 411 g/mol. The molecule has 2 N–H and O–H groups in total. The van der Waals surface area contributed by atoms with Crippen LogP contribution in [0.15, 0.2) is 41.4 Å². The molecule has 158 valence electrons. The van der Waals surface area contributed by atoms with E-state index < -0.39 is 12.4 Å². The largest absolute Gasteiger partial charge is 0.497 e. The van der Waals surface area contributed by atoms with Gasteiger partial charge in [-0.15, -0.1) is 0 Å². The maximum Gasteiger partial charge on any atom is 0.387 e. The second-order valence-corrected chi connectivity index (χ2v) is 5.83. The number of nitrogens with one attached hydrogen (secondary N) is 2. The molecule has 0 aromatic heterocycles. The van der Waals surface area contributed by atoms with E-state index in [1.165, 1.54) is 25.3 Å². The number of nitrogens with zero attached hydrogens (tertiary/aromatic N) is 1. The first-order valence-electron chi connectivity index (χ1n) is 8.94.